The van der Waals surface area contributed by atoms with Gasteiger partial charge < -0.3 is 24.7 Å². The van der Waals surface area contributed by atoms with Crippen LogP contribution in [0.1, 0.15) is 22.3 Å². The maximum absolute atomic E-state index is 13.0. The van der Waals surface area contributed by atoms with Crippen LogP contribution >= 0.6 is 12.2 Å². The van der Waals surface area contributed by atoms with E-state index in [0.29, 0.717) is 23.8 Å². The first-order chi connectivity index (χ1) is 16.9. The highest BCUT2D eigenvalue weighted by molar-refractivity contribution is 7.80. The summed E-state index contributed by atoms with van der Waals surface area (Å²) in [5.41, 5.74) is 5.51. The van der Waals surface area contributed by atoms with Crippen LogP contribution in [0.2, 0.25) is 0 Å². The highest BCUT2D eigenvalue weighted by atomic mass is 32.1. The number of anilines is 1. The van der Waals surface area contributed by atoms with Gasteiger partial charge in [0.05, 0.1) is 20.8 Å². The minimum Gasteiger partial charge on any atom is -0.497 e. The van der Waals surface area contributed by atoms with Crippen LogP contribution in [0.25, 0.3) is 10.9 Å². The molecular formula is C28H29N3O3S. The Labute approximate surface area is 210 Å². The Balaban J connectivity index is 1.65. The standard InChI is InChI=1S/C28H29N3O3S/c1-18-13-19(2)25-15-21(27(32)30-26(25)14-18)17-31(16-20-5-9-23(33-3)10-6-20)28(35)29-22-7-11-24(34-4)12-8-22/h5-15H,16-17H2,1-4H3,(H,29,35)(H,30,32). The molecule has 180 valence electrons. The molecule has 6 nitrogen and oxygen atoms in total. The Kier molecular flexibility index (Phi) is 7.36. The van der Waals surface area contributed by atoms with Crippen LogP contribution in [-0.2, 0) is 13.1 Å². The summed E-state index contributed by atoms with van der Waals surface area (Å²) in [5, 5.41) is 4.85. The van der Waals surface area contributed by atoms with Gasteiger partial charge in [-0.3, -0.25) is 4.79 Å². The minimum atomic E-state index is -0.116. The lowest BCUT2D eigenvalue weighted by atomic mass is 10.0. The first kappa shape index (κ1) is 24.3. The van der Waals surface area contributed by atoms with Crippen LogP contribution in [0.4, 0.5) is 5.69 Å². The Morgan fingerprint density at radius 2 is 1.54 bits per heavy atom. The lowest BCUT2D eigenvalue weighted by Gasteiger charge is -2.26. The number of methoxy groups -OCH3 is 2. The Hall–Kier alpha value is -3.84. The Morgan fingerprint density at radius 3 is 2.17 bits per heavy atom. The largest absolute Gasteiger partial charge is 0.497 e. The van der Waals surface area contributed by atoms with Gasteiger partial charge in [0.1, 0.15) is 11.5 Å². The number of benzene rings is 3. The number of pyridine rings is 1. The number of fused-ring (bicyclic) bond motifs is 1. The SMILES string of the molecule is COc1ccc(CN(Cc2cc3c(C)cc(C)cc3[nH]c2=O)C(=S)Nc2ccc(OC)cc2)cc1. The first-order valence-electron chi connectivity index (χ1n) is 11.3. The van der Waals surface area contributed by atoms with E-state index in [1.807, 2.05) is 72.5 Å². The van der Waals surface area contributed by atoms with Crippen molar-refractivity contribution in [1.29, 1.82) is 0 Å². The van der Waals surface area contributed by atoms with Gasteiger partial charge in [-0.25, -0.2) is 0 Å². The quantitative estimate of drug-likeness (QED) is 0.333. The topological polar surface area (TPSA) is 66.6 Å². The van der Waals surface area contributed by atoms with E-state index in [1.165, 1.54) is 0 Å². The second-order valence-electron chi connectivity index (χ2n) is 8.53. The highest BCUT2D eigenvalue weighted by Crippen LogP contribution is 2.21. The van der Waals surface area contributed by atoms with Gasteiger partial charge in [-0.05, 0) is 91.3 Å². The molecule has 4 rings (SSSR count). The summed E-state index contributed by atoms with van der Waals surface area (Å²) in [6, 6.07) is 21.5. The van der Waals surface area contributed by atoms with Crippen molar-refractivity contribution in [3.05, 3.63) is 99.3 Å². The van der Waals surface area contributed by atoms with E-state index in [2.05, 4.69) is 23.3 Å². The van der Waals surface area contributed by atoms with Gasteiger partial charge in [0.15, 0.2) is 5.11 Å². The third-order valence-electron chi connectivity index (χ3n) is 5.91. The van der Waals surface area contributed by atoms with Crippen molar-refractivity contribution in [1.82, 2.24) is 9.88 Å². The lowest BCUT2D eigenvalue weighted by Crippen LogP contribution is -2.35. The summed E-state index contributed by atoms with van der Waals surface area (Å²) in [6.45, 7) is 4.96. The molecule has 0 aliphatic carbocycles. The predicted molar refractivity (Wildman–Crippen MR) is 145 cm³/mol. The number of rotatable bonds is 7. The molecule has 0 aliphatic heterocycles. The summed E-state index contributed by atoms with van der Waals surface area (Å²) >= 11 is 5.79. The van der Waals surface area contributed by atoms with Gasteiger partial charge in [-0.1, -0.05) is 18.2 Å². The lowest BCUT2D eigenvalue weighted by molar-refractivity contribution is 0.406. The fourth-order valence-corrected chi connectivity index (χ4v) is 4.31. The molecular weight excluding hydrogens is 458 g/mol. The maximum Gasteiger partial charge on any atom is 0.253 e. The van der Waals surface area contributed by atoms with E-state index in [1.54, 1.807) is 14.2 Å². The molecule has 1 aromatic heterocycles. The van der Waals surface area contributed by atoms with Crippen LogP contribution < -0.4 is 20.3 Å². The summed E-state index contributed by atoms with van der Waals surface area (Å²) < 4.78 is 10.5. The zero-order valence-corrected chi connectivity index (χ0v) is 21.2. The van der Waals surface area contributed by atoms with Crippen molar-refractivity contribution < 1.29 is 9.47 Å². The molecule has 0 saturated heterocycles. The third kappa shape index (κ3) is 5.81. The molecule has 4 aromatic rings. The van der Waals surface area contributed by atoms with Crippen LogP contribution in [-0.4, -0.2) is 29.2 Å². The van der Waals surface area contributed by atoms with Gasteiger partial charge in [0.2, 0.25) is 0 Å². The van der Waals surface area contributed by atoms with Crippen molar-refractivity contribution in [3.63, 3.8) is 0 Å². The molecule has 0 bridgehead atoms. The predicted octanol–water partition coefficient (Wildman–Crippen LogP) is 5.56. The summed E-state index contributed by atoms with van der Waals surface area (Å²) in [4.78, 5) is 18.0. The molecule has 0 radical (unpaired) electrons. The maximum atomic E-state index is 13.0. The van der Waals surface area contributed by atoms with E-state index in [0.717, 1.165) is 44.8 Å². The number of H-pyrrole nitrogens is 1. The molecule has 0 unspecified atom stereocenters. The number of ether oxygens (including phenoxy) is 2. The van der Waals surface area contributed by atoms with Gasteiger partial charge >= 0.3 is 0 Å². The number of nitrogens with one attached hydrogen (secondary N) is 2. The molecule has 0 spiro atoms. The second kappa shape index (κ2) is 10.6. The number of aromatic amines is 1. The summed E-state index contributed by atoms with van der Waals surface area (Å²) in [7, 11) is 3.28. The molecule has 0 atom stereocenters. The van der Waals surface area contributed by atoms with E-state index in [9.17, 15) is 4.79 Å². The monoisotopic (exact) mass is 487 g/mol. The van der Waals surface area contributed by atoms with Crippen LogP contribution in [0.3, 0.4) is 0 Å². The summed E-state index contributed by atoms with van der Waals surface area (Å²) in [6.07, 6.45) is 0. The van der Waals surface area contributed by atoms with Crippen molar-refractivity contribution in [2.45, 2.75) is 26.9 Å². The fraction of sp³-hybridized carbons (Fsp3) is 0.214. The Bertz CT molecular complexity index is 1400. The minimum absolute atomic E-state index is 0.116. The zero-order chi connectivity index (χ0) is 24.9. The zero-order valence-electron chi connectivity index (χ0n) is 20.3. The van der Waals surface area contributed by atoms with Gasteiger partial charge in [0.25, 0.3) is 5.56 Å². The molecule has 0 saturated carbocycles. The normalized spacial score (nSPS) is 10.7. The van der Waals surface area contributed by atoms with Crippen molar-refractivity contribution in [2.75, 3.05) is 19.5 Å². The van der Waals surface area contributed by atoms with Crippen LogP contribution in [0.5, 0.6) is 11.5 Å². The molecule has 2 N–H and O–H groups in total. The number of aryl methyl sites for hydroxylation is 2. The summed E-state index contributed by atoms with van der Waals surface area (Å²) in [5.74, 6) is 1.56. The van der Waals surface area contributed by atoms with Crippen LogP contribution in [0.15, 0.2) is 71.5 Å². The molecule has 3 aromatic carbocycles. The number of hydrogen-bond donors (Lipinski definition) is 2. The van der Waals surface area contributed by atoms with Gasteiger partial charge in [-0.2, -0.15) is 0 Å². The molecule has 7 heteroatoms. The van der Waals surface area contributed by atoms with E-state index in [-0.39, 0.29) is 5.56 Å². The number of hydrogen-bond acceptors (Lipinski definition) is 4. The molecule has 0 amide bonds. The average molecular weight is 488 g/mol. The molecule has 0 fully saturated rings. The smallest absolute Gasteiger partial charge is 0.253 e. The number of thiocarbonyl (C=S) groups is 1. The number of aromatic nitrogens is 1. The fourth-order valence-electron chi connectivity index (χ4n) is 4.07. The van der Waals surface area contributed by atoms with E-state index in [4.69, 9.17) is 21.7 Å². The average Bonchev–Trinajstić information content (AvgIpc) is 2.85. The van der Waals surface area contributed by atoms with E-state index >= 15 is 0 Å². The highest BCUT2D eigenvalue weighted by Gasteiger charge is 2.15. The van der Waals surface area contributed by atoms with Crippen molar-refractivity contribution in [2.24, 2.45) is 0 Å². The van der Waals surface area contributed by atoms with Crippen LogP contribution in [0, 0.1) is 13.8 Å². The molecule has 1 heterocycles. The van der Waals surface area contributed by atoms with Gasteiger partial charge in [-0.15, -0.1) is 0 Å². The molecule has 0 aliphatic rings. The van der Waals surface area contributed by atoms with Crippen molar-refractivity contribution >= 4 is 33.9 Å². The van der Waals surface area contributed by atoms with E-state index < -0.39 is 0 Å². The second-order valence-corrected chi connectivity index (χ2v) is 8.92. The van der Waals surface area contributed by atoms with Crippen molar-refractivity contribution in [3.8, 4) is 11.5 Å². The molecule has 35 heavy (non-hydrogen) atoms. The number of nitrogens with zero attached hydrogens (tertiary/aromatic N) is 1. The Morgan fingerprint density at radius 1 is 0.914 bits per heavy atom. The first-order valence-corrected chi connectivity index (χ1v) is 11.7. The van der Waals surface area contributed by atoms with Gasteiger partial charge in [0, 0.05) is 28.7 Å². The third-order valence-corrected chi connectivity index (χ3v) is 6.27.